The van der Waals surface area contributed by atoms with Gasteiger partial charge in [0, 0.05) is 18.2 Å². The topological polar surface area (TPSA) is 63.7 Å². The second-order valence-electron chi connectivity index (χ2n) is 6.41. The van der Waals surface area contributed by atoms with Gasteiger partial charge in [-0.15, -0.1) is 0 Å². The van der Waals surface area contributed by atoms with E-state index in [0.717, 1.165) is 5.69 Å². The van der Waals surface area contributed by atoms with E-state index in [1.165, 1.54) is 25.9 Å². The van der Waals surface area contributed by atoms with E-state index in [0.29, 0.717) is 23.5 Å². The molecule has 4 aliphatic rings. The van der Waals surface area contributed by atoms with Crippen LogP contribution < -0.4 is 14.8 Å². The van der Waals surface area contributed by atoms with Gasteiger partial charge in [-0.2, -0.15) is 0 Å². The third-order valence-electron chi connectivity index (χ3n) is 5.16. The van der Waals surface area contributed by atoms with E-state index in [2.05, 4.69) is 22.1 Å². The first-order chi connectivity index (χ1) is 10.7. The fourth-order valence-corrected chi connectivity index (χ4v) is 3.89. The maximum atomic E-state index is 12.4. The molecule has 0 unspecified atom stereocenters. The van der Waals surface area contributed by atoms with Crippen LogP contribution in [0.1, 0.15) is 25.5 Å². The molecule has 6 nitrogen and oxygen atoms in total. The SMILES string of the molecule is C[C@@H]1[C@H](NC(=O)Cc2cc3c(cn2)OCO3)C2CCN1CC2. The summed E-state index contributed by atoms with van der Waals surface area (Å²) in [6, 6.07) is 2.49. The van der Waals surface area contributed by atoms with Crippen LogP contribution in [0.15, 0.2) is 12.3 Å². The number of carbonyl (C=O) groups excluding carboxylic acids is 1. The number of nitrogens with zero attached hydrogens (tertiary/aromatic N) is 2. The number of hydrogen-bond acceptors (Lipinski definition) is 5. The summed E-state index contributed by atoms with van der Waals surface area (Å²) < 4.78 is 10.6. The third-order valence-corrected chi connectivity index (χ3v) is 5.16. The van der Waals surface area contributed by atoms with Gasteiger partial charge in [-0.1, -0.05) is 0 Å². The molecule has 1 aromatic rings. The highest BCUT2D eigenvalue weighted by Gasteiger charge is 2.40. The molecule has 0 saturated carbocycles. The fraction of sp³-hybridized carbons (Fsp3) is 0.625. The van der Waals surface area contributed by atoms with E-state index in [1.54, 1.807) is 12.3 Å². The van der Waals surface area contributed by atoms with Crippen LogP contribution in [0.25, 0.3) is 0 Å². The number of amides is 1. The van der Waals surface area contributed by atoms with Crippen LogP contribution in [0.3, 0.4) is 0 Å². The molecule has 2 atom stereocenters. The highest BCUT2D eigenvalue weighted by atomic mass is 16.7. The summed E-state index contributed by atoms with van der Waals surface area (Å²) in [5, 5.41) is 3.22. The molecule has 0 radical (unpaired) electrons. The van der Waals surface area contributed by atoms with Gasteiger partial charge in [-0.25, -0.2) is 0 Å². The van der Waals surface area contributed by atoms with Crippen molar-refractivity contribution >= 4 is 5.91 Å². The third kappa shape index (κ3) is 2.41. The van der Waals surface area contributed by atoms with Crippen molar-refractivity contribution in [1.29, 1.82) is 0 Å². The number of carbonyl (C=O) groups is 1. The largest absolute Gasteiger partial charge is 0.453 e. The van der Waals surface area contributed by atoms with Crippen molar-refractivity contribution in [1.82, 2.24) is 15.2 Å². The van der Waals surface area contributed by atoms with Gasteiger partial charge in [0.2, 0.25) is 12.7 Å². The Balaban J connectivity index is 1.40. The molecule has 22 heavy (non-hydrogen) atoms. The Morgan fingerprint density at radius 3 is 2.91 bits per heavy atom. The molecular formula is C16H21N3O3. The van der Waals surface area contributed by atoms with Crippen molar-refractivity contribution in [3.05, 3.63) is 18.0 Å². The fourth-order valence-electron chi connectivity index (χ4n) is 3.89. The Kier molecular flexibility index (Phi) is 3.41. The van der Waals surface area contributed by atoms with Crippen LogP contribution in [-0.4, -0.2) is 47.8 Å². The minimum absolute atomic E-state index is 0.0389. The first-order valence-electron chi connectivity index (χ1n) is 7.98. The molecular weight excluding hydrogens is 282 g/mol. The molecule has 0 aliphatic carbocycles. The zero-order chi connectivity index (χ0) is 15.1. The van der Waals surface area contributed by atoms with Gasteiger partial charge in [0.05, 0.1) is 18.3 Å². The molecule has 118 valence electrons. The van der Waals surface area contributed by atoms with Crippen molar-refractivity contribution in [2.45, 2.75) is 38.3 Å². The second kappa shape index (κ2) is 5.43. The monoisotopic (exact) mass is 303 g/mol. The molecule has 1 N–H and O–H groups in total. The number of piperidine rings is 3. The second-order valence-corrected chi connectivity index (χ2v) is 6.41. The van der Waals surface area contributed by atoms with Gasteiger partial charge in [0.25, 0.3) is 0 Å². The molecule has 5 rings (SSSR count). The summed E-state index contributed by atoms with van der Waals surface area (Å²) in [6.07, 6.45) is 4.30. The van der Waals surface area contributed by atoms with E-state index >= 15 is 0 Å². The molecule has 2 bridgehead atoms. The zero-order valence-corrected chi connectivity index (χ0v) is 12.7. The molecule has 4 aliphatic heterocycles. The molecule has 1 aromatic heterocycles. The van der Waals surface area contributed by atoms with Gasteiger partial charge >= 0.3 is 0 Å². The van der Waals surface area contributed by atoms with Crippen LogP contribution in [0.4, 0.5) is 0 Å². The molecule has 3 fully saturated rings. The van der Waals surface area contributed by atoms with E-state index < -0.39 is 0 Å². The summed E-state index contributed by atoms with van der Waals surface area (Å²) in [7, 11) is 0. The number of rotatable bonds is 3. The zero-order valence-electron chi connectivity index (χ0n) is 12.7. The van der Waals surface area contributed by atoms with Crippen molar-refractivity contribution in [2.24, 2.45) is 5.92 Å². The number of aromatic nitrogens is 1. The van der Waals surface area contributed by atoms with Crippen molar-refractivity contribution < 1.29 is 14.3 Å². The predicted octanol–water partition coefficient (Wildman–Crippen LogP) is 0.952. The lowest BCUT2D eigenvalue weighted by Gasteiger charge is -2.49. The average molecular weight is 303 g/mol. The first kappa shape index (κ1) is 13.8. The number of hydrogen-bond donors (Lipinski definition) is 1. The first-order valence-corrected chi connectivity index (χ1v) is 7.98. The summed E-state index contributed by atoms with van der Waals surface area (Å²) in [6.45, 7) is 4.78. The van der Waals surface area contributed by atoms with Gasteiger partial charge < -0.3 is 14.8 Å². The number of ether oxygens (including phenoxy) is 2. The summed E-state index contributed by atoms with van der Waals surface area (Å²) in [5.41, 5.74) is 0.718. The lowest BCUT2D eigenvalue weighted by atomic mass is 9.79. The minimum atomic E-state index is 0.0389. The maximum Gasteiger partial charge on any atom is 0.231 e. The molecule has 6 heteroatoms. The highest BCUT2D eigenvalue weighted by Crippen LogP contribution is 2.33. The predicted molar refractivity (Wildman–Crippen MR) is 79.8 cm³/mol. The minimum Gasteiger partial charge on any atom is -0.453 e. The molecule has 0 aromatic carbocycles. The quantitative estimate of drug-likeness (QED) is 0.901. The lowest BCUT2D eigenvalue weighted by Crippen LogP contribution is -2.62. The van der Waals surface area contributed by atoms with Gasteiger partial charge in [0.1, 0.15) is 0 Å². The standard InChI is InChI=1S/C16H21N3O3/c1-10-16(11-2-4-19(10)5-3-11)18-15(20)7-12-6-13-14(8-17-12)22-9-21-13/h6,8,10-11,16H,2-5,7,9H2,1H3,(H,18,20)/t10-,16+/m1/s1. The Labute approximate surface area is 129 Å². The van der Waals surface area contributed by atoms with Gasteiger partial charge in [-0.05, 0) is 38.8 Å². The van der Waals surface area contributed by atoms with Crippen LogP contribution >= 0.6 is 0 Å². The van der Waals surface area contributed by atoms with Crippen LogP contribution in [0.2, 0.25) is 0 Å². The van der Waals surface area contributed by atoms with Gasteiger partial charge in [0.15, 0.2) is 11.5 Å². The van der Waals surface area contributed by atoms with Crippen molar-refractivity contribution in [3.63, 3.8) is 0 Å². The summed E-state index contributed by atoms with van der Waals surface area (Å²) in [5.74, 6) is 1.98. The Morgan fingerprint density at radius 1 is 1.36 bits per heavy atom. The summed E-state index contributed by atoms with van der Waals surface area (Å²) in [4.78, 5) is 19.1. The number of pyridine rings is 1. The lowest BCUT2D eigenvalue weighted by molar-refractivity contribution is -0.123. The molecule has 3 saturated heterocycles. The van der Waals surface area contributed by atoms with Crippen molar-refractivity contribution in [2.75, 3.05) is 19.9 Å². The van der Waals surface area contributed by atoms with Crippen LogP contribution in [0.5, 0.6) is 11.5 Å². The van der Waals surface area contributed by atoms with Crippen LogP contribution in [0, 0.1) is 5.92 Å². The Morgan fingerprint density at radius 2 is 2.14 bits per heavy atom. The number of nitrogens with one attached hydrogen (secondary N) is 1. The molecule has 5 heterocycles. The highest BCUT2D eigenvalue weighted by molar-refractivity contribution is 5.78. The van der Waals surface area contributed by atoms with E-state index in [1.807, 2.05) is 0 Å². The van der Waals surface area contributed by atoms with Crippen molar-refractivity contribution in [3.8, 4) is 11.5 Å². The molecule has 0 spiro atoms. The van der Waals surface area contributed by atoms with E-state index in [-0.39, 0.29) is 25.2 Å². The molecule has 1 amide bonds. The van der Waals surface area contributed by atoms with Crippen LogP contribution in [-0.2, 0) is 11.2 Å². The van der Waals surface area contributed by atoms with E-state index in [4.69, 9.17) is 9.47 Å². The Bertz CT molecular complexity index is 582. The average Bonchev–Trinajstić information content (AvgIpc) is 2.99. The smallest absolute Gasteiger partial charge is 0.231 e. The number of fused-ring (bicyclic) bond motifs is 4. The van der Waals surface area contributed by atoms with Gasteiger partial charge in [-0.3, -0.25) is 14.7 Å². The summed E-state index contributed by atoms with van der Waals surface area (Å²) >= 11 is 0. The Hall–Kier alpha value is -1.82. The maximum absolute atomic E-state index is 12.4. The normalized spacial score (nSPS) is 32.0. The van der Waals surface area contributed by atoms with E-state index in [9.17, 15) is 4.79 Å².